The number of nitrogens with one attached hydrogen (secondary N) is 1. The Bertz CT molecular complexity index is 842. The van der Waals surface area contributed by atoms with Crippen molar-refractivity contribution >= 4 is 34.1 Å². The lowest BCUT2D eigenvalue weighted by atomic mass is 10.3. The molecule has 122 valence electrons. The zero-order valence-corrected chi connectivity index (χ0v) is 13.7. The van der Waals surface area contributed by atoms with Crippen molar-refractivity contribution in [2.24, 2.45) is 0 Å². The molecule has 5 nitrogen and oxygen atoms in total. The van der Waals surface area contributed by atoms with Crippen LogP contribution in [-0.4, -0.2) is 21.1 Å². The summed E-state index contributed by atoms with van der Waals surface area (Å²) in [5.74, 6) is -0.474. The molecule has 3 rings (SSSR count). The second-order valence-corrected chi connectivity index (χ2v) is 6.54. The number of aromatic nitrogens is 3. The Hall–Kier alpha value is -2.39. The van der Waals surface area contributed by atoms with Crippen LogP contribution in [0.4, 0.5) is 13.9 Å². The number of hydrogen-bond acceptors (Lipinski definition) is 6. The third kappa shape index (κ3) is 3.92. The largest absolute Gasteiger partial charge is 0.296 e. The van der Waals surface area contributed by atoms with E-state index in [9.17, 15) is 13.6 Å². The van der Waals surface area contributed by atoms with Gasteiger partial charge in [0.15, 0.2) is 5.01 Å². The maximum absolute atomic E-state index is 12.5. The smallest absolute Gasteiger partial charge is 0.291 e. The molecule has 0 spiro atoms. The van der Waals surface area contributed by atoms with Crippen LogP contribution in [0.2, 0.25) is 0 Å². The van der Waals surface area contributed by atoms with Crippen LogP contribution in [0.1, 0.15) is 21.8 Å². The third-order valence-corrected chi connectivity index (χ3v) is 4.69. The summed E-state index contributed by atoms with van der Waals surface area (Å²) in [4.78, 5) is 17.5. The summed E-state index contributed by atoms with van der Waals surface area (Å²) >= 11 is 1.98. The Morgan fingerprint density at radius 2 is 1.92 bits per heavy atom. The molecule has 0 aliphatic heterocycles. The minimum Gasteiger partial charge on any atom is -0.296 e. The predicted molar refractivity (Wildman–Crippen MR) is 87.6 cm³/mol. The van der Waals surface area contributed by atoms with Crippen LogP contribution in [0.5, 0.6) is 0 Å². The van der Waals surface area contributed by atoms with Crippen LogP contribution in [-0.2, 0) is 0 Å². The van der Waals surface area contributed by atoms with E-state index in [4.69, 9.17) is 0 Å². The summed E-state index contributed by atoms with van der Waals surface area (Å²) in [6.07, 6.45) is -1.13. The number of amides is 1. The molecule has 0 aliphatic rings. The highest BCUT2D eigenvalue weighted by atomic mass is 32.2. The Kier molecular flexibility index (Phi) is 5.11. The lowest BCUT2D eigenvalue weighted by molar-refractivity contribution is 0.102. The Balaban J connectivity index is 1.79. The van der Waals surface area contributed by atoms with Crippen LogP contribution >= 0.6 is 23.1 Å². The summed E-state index contributed by atoms with van der Waals surface area (Å²) in [6.45, 7) is 0. The number of halogens is 2. The fourth-order valence-electron chi connectivity index (χ4n) is 1.78. The molecule has 0 saturated heterocycles. The monoisotopic (exact) mass is 364 g/mol. The summed E-state index contributed by atoms with van der Waals surface area (Å²) < 4.78 is 25.1. The molecular formula is C15H10F2N4OS2. The number of carbonyl (C=O) groups is 1. The summed E-state index contributed by atoms with van der Waals surface area (Å²) in [6, 6.07) is 12.7. The van der Waals surface area contributed by atoms with Crippen LogP contribution in [0.15, 0.2) is 58.6 Å². The molecule has 0 saturated carbocycles. The number of hydrogen-bond donors (Lipinski definition) is 1. The van der Waals surface area contributed by atoms with Crippen molar-refractivity contribution in [1.29, 1.82) is 0 Å². The van der Waals surface area contributed by atoms with Gasteiger partial charge in [-0.3, -0.25) is 10.1 Å². The van der Waals surface area contributed by atoms with Gasteiger partial charge in [-0.25, -0.2) is 13.8 Å². The molecule has 0 radical (unpaired) electrons. The summed E-state index contributed by atoms with van der Waals surface area (Å²) in [5, 5.41) is 9.46. The lowest BCUT2D eigenvalue weighted by Gasteiger charge is -2.07. The third-order valence-electron chi connectivity index (χ3n) is 2.82. The zero-order chi connectivity index (χ0) is 16.9. The van der Waals surface area contributed by atoms with Crippen LogP contribution < -0.4 is 5.32 Å². The Labute approximate surface area is 144 Å². The quantitative estimate of drug-likeness (QED) is 0.732. The number of nitrogens with zero attached hydrogens (tertiary/aromatic N) is 3. The number of rotatable bonds is 5. The van der Waals surface area contributed by atoms with Gasteiger partial charge in [0.1, 0.15) is 5.03 Å². The first-order valence-electron chi connectivity index (χ1n) is 6.74. The topological polar surface area (TPSA) is 67.8 Å². The number of anilines is 1. The average molecular weight is 364 g/mol. The van der Waals surface area contributed by atoms with Crippen LogP contribution in [0, 0.1) is 0 Å². The highest BCUT2D eigenvalue weighted by Gasteiger charge is 2.18. The van der Waals surface area contributed by atoms with Crippen molar-refractivity contribution in [2.75, 3.05) is 5.32 Å². The normalized spacial score (nSPS) is 10.8. The molecule has 9 heteroatoms. The van der Waals surface area contributed by atoms with E-state index < -0.39 is 17.3 Å². The maximum atomic E-state index is 12.5. The molecule has 2 aromatic heterocycles. The second-order valence-electron chi connectivity index (χ2n) is 4.47. The van der Waals surface area contributed by atoms with E-state index in [0.29, 0.717) is 21.9 Å². The second kappa shape index (κ2) is 7.45. The van der Waals surface area contributed by atoms with Gasteiger partial charge in [-0.2, -0.15) is 0 Å². The van der Waals surface area contributed by atoms with Gasteiger partial charge in [0.25, 0.3) is 12.3 Å². The SMILES string of the molecule is O=C(Nc1nnc(C(F)F)s1)c1cccnc1Sc1ccccc1. The molecule has 1 amide bonds. The number of benzene rings is 1. The number of alkyl halides is 2. The molecule has 0 bridgehead atoms. The van der Waals surface area contributed by atoms with Crippen LogP contribution in [0.25, 0.3) is 0 Å². The van der Waals surface area contributed by atoms with Gasteiger partial charge in [-0.1, -0.05) is 41.3 Å². The summed E-state index contributed by atoms with van der Waals surface area (Å²) in [7, 11) is 0. The van der Waals surface area contributed by atoms with Crippen LogP contribution in [0.3, 0.4) is 0 Å². The minimum absolute atomic E-state index is 0.0230. The minimum atomic E-state index is -2.71. The molecule has 2 heterocycles. The van der Waals surface area contributed by atoms with E-state index in [1.807, 2.05) is 30.3 Å². The highest BCUT2D eigenvalue weighted by molar-refractivity contribution is 7.99. The Morgan fingerprint density at radius 1 is 1.12 bits per heavy atom. The van der Waals surface area contributed by atoms with E-state index in [-0.39, 0.29) is 5.13 Å². The van der Waals surface area contributed by atoms with E-state index >= 15 is 0 Å². The van der Waals surface area contributed by atoms with Gasteiger partial charge >= 0.3 is 0 Å². The molecule has 0 aliphatic carbocycles. The van der Waals surface area contributed by atoms with E-state index in [1.54, 1.807) is 18.3 Å². The van der Waals surface area contributed by atoms with Crippen molar-refractivity contribution in [3.8, 4) is 0 Å². The van der Waals surface area contributed by atoms with Gasteiger partial charge in [0, 0.05) is 11.1 Å². The predicted octanol–water partition coefficient (Wildman–Crippen LogP) is 4.27. The first-order chi connectivity index (χ1) is 11.6. The van der Waals surface area contributed by atoms with Gasteiger partial charge < -0.3 is 0 Å². The Morgan fingerprint density at radius 3 is 2.62 bits per heavy atom. The fourth-order valence-corrected chi connectivity index (χ4v) is 3.28. The van der Waals surface area contributed by atoms with Gasteiger partial charge in [-0.15, -0.1) is 10.2 Å². The zero-order valence-electron chi connectivity index (χ0n) is 12.0. The molecule has 1 aromatic carbocycles. The molecule has 1 N–H and O–H groups in total. The maximum Gasteiger partial charge on any atom is 0.291 e. The molecule has 0 unspecified atom stereocenters. The van der Waals surface area contributed by atoms with Gasteiger partial charge in [0.2, 0.25) is 5.13 Å². The number of pyridine rings is 1. The van der Waals surface area contributed by atoms with Crippen molar-refractivity contribution in [1.82, 2.24) is 15.2 Å². The van der Waals surface area contributed by atoms with Gasteiger partial charge in [0.05, 0.1) is 5.56 Å². The molecule has 24 heavy (non-hydrogen) atoms. The first kappa shape index (κ1) is 16.5. The highest BCUT2D eigenvalue weighted by Crippen LogP contribution is 2.29. The van der Waals surface area contributed by atoms with E-state index in [1.165, 1.54) is 11.8 Å². The van der Waals surface area contributed by atoms with Crippen molar-refractivity contribution in [2.45, 2.75) is 16.3 Å². The molecule has 3 aromatic rings. The van der Waals surface area contributed by atoms with E-state index in [2.05, 4.69) is 20.5 Å². The summed E-state index contributed by atoms with van der Waals surface area (Å²) in [5.41, 5.74) is 0.333. The van der Waals surface area contributed by atoms with Gasteiger partial charge in [-0.05, 0) is 24.3 Å². The number of carbonyl (C=O) groups excluding carboxylic acids is 1. The first-order valence-corrected chi connectivity index (χ1v) is 8.37. The molecule has 0 atom stereocenters. The standard InChI is InChI=1S/C15H10F2N4OS2/c16-11(17)14-20-21-15(24-14)19-12(22)10-7-4-8-18-13(10)23-9-5-2-1-3-6-9/h1-8,11H,(H,19,21,22). The van der Waals surface area contributed by atoms with E-state index in [0.717, 1.165) is 4.90 Å². The molecule has 0 fully saturated rings. The lowest BCUT2D eigenvalue weighted by Crippen LogP contribution is -2.13. The molecular weight excluding hydrogens is 354 g/mol. The van der Waals surface area contributed by atoms with Crippen molar-refractivity contribution in [3.05, 3.63) is 59.2 Å². The fraction of sp³-hybridized carbons (Fsp3) is 0.0667. The van der Waals surface area contributed by atoms with Crippen molar-refractivity contribution in [3.63, 3.8) is 0 Å². The average Bonchev–Trinajstić information content (AvgIpc) is 3.05. The van der Waals surface area contributed by atoms with Crippen molar-refractivity contribution < 1.29 is 13.6 Å².